The van der Waals surface area contributed by atoms with E-state index >= 15 is 0 Å². The van der Waals surface area contributed by atoms with Crippen LogP contribution >= 0.6 is 11.3 Å². The maximum atomic E-state index is 14.1. The van der Waals surface area contributed by atoms with Crippen LogP contribution in [0, 0.1) is 18.6 Å². The fourth-order valence-corrected chi connectivity index (χ4v) is 4.62. The quantitative estimate of drug-likeness (QED) is 0.548. The van der Waals surface area contributed by atoms with Crippen molar-refractivity contribution in [1.29, 1.82) is 0 Å². The Hall–Kier alpha value is -2.73. The molecule has 4 rings (SSSR count). The minimum absolute atomic E-state index is 0.0485. The number of aryl methyl sites for hydroxylation is 2. The normalized spacial score (nSPS) is 21.4. The van der Waals surface area contributed by atoms with Crippen molar-refractivity contribution in [2.45, 2.75) is 38.1 Å². The second kappa shape index (κ2) is 9.02. The highest BCUT2D eigenvalue weighted by Gasteiger charge is 2.30. The number of aromatic nitrogens is 3. The van der Waals surface area contributed by atoms with Gasteiger partial charge in [-0.2, -0.15) is 5.10 Å². The Kier molecular flexibility index (Phi) is 6.33. The number of hydrogen-bond donors (Lipinski definition) is 3. The van der Waals surface area contributed by atoms with Gasteiger partial charge in [0.05, 0.1) is 35.9 Å². The lowest BCUT2D eigenvalue weighted by molar-refractivity contribution is -0.0360. The Morgan fingerprint density at radius 2 is 1.97 bits per heavy atom. The summed E-state index contributed by atoms with van der Waals surface area (Å²) in [6, 6.07) is 3.54. The first-order valence-electron chi connectivity index (χ1n) is 9.99. The molecule has 1 unspecified atom stereocenters. The maximum Gasteiger partial charge on any atom is 0.275 e. The Bertz CT molecular complexity index is 1120. The molecule has 1 amide bonds. The second-order valence-electron chi connectivity index (χ2n) is 7.58. The minimum Gasteiger partial charge on any atom is -0.390 e. The van der Waals surface area contributed by atoms with Gasteiger partial charge in [-0.15, -0.1) is 11.3 Å². The van der Waals surface area contributed by atoms with Crippen molar-refractivity contribution in [3.05, 3.63) is 52.3 Å². The van der Waals surface area contributed by atoms with E-state index in [0.29, 0.717) is 29.1 Å². The van der Waals surface area contributed by atoms with Crippen molar-refractivity contribution in [1.82, 2.24) is 14.8 Å². The molecule has 2 aromatic heterocycles. The number of aliphatic hydroxyl groups is 2. The zero-order valence-electron chi connectivity index (χ0n) is 17.4. The fourth-order valence-electron chi connectivity index (χ4n) is 3.66. The number of amides is 1. The molecule has 0 radical (unpaired) electrons. The lowest BCUT2D eigenvalue weighted by Gasteiger charge is -2.17. The maximum absolute atomic E-state index is 14.1. The fraction of sp³-hybridized carbons (Fsp3) is 0.381. The van der Waals surface area contributed by atoms with Gasteiger partial charge in [-0.05, 0) is 31.9 Å². The highest BCUT2D eigenvalue weighted by molar-refractivity contribution is 7.15. The topological polar surface area (TPSA) is 110 Å². The lowest BCUT2D eigenvalue weighted by Crippen LogP contribution is -2.27. The molecule has 3 heterocycles. The Balaban J connectivity index is 1.59. The Labute approximate surface area is 186 Å². The number of halogens is 2. The molecule has 170 valence electrons. The molecular weight excluding hydrogens is 442 g/mol. The SMILES string of the molecule is Cc1sc(-c2c(F)cccc2F)nc1C(=O)Nc1cnn(C)c1C1CC[C@@H](O)[C@@H](O)CO1. The Morgan fingerprint density at radius 1 is 1.25 bits per heavy atom. The summed E-state index contributed by atoms with van der Waals surface area (Å²) in [6.45, 7) is 1.60. The molecule has 1 aliphatic rings. The molecule has 0 aliphatic carbocycles. The van der Waals surface area contributed by atoms with Gasteiger partial charge >= 0.3 is 0 Å². The predicted octanol–water partition coefficient (Wildman–Crippen LogP) is 2.96. The van der Waals surface area contributed by atoms with Crippen LogP contribution in [0.1, 0.15) is 40.0 Å². The number of nitrogens with one attached hydrogen (secondary N) is 1. The van der Waals surface area contributed by atoms with Crippen LogP contribution in [0.3, 0.4) is 0 Å². The third kappa shape index (κ3) is 4.29. The van der Waals surface area contributed by atoms with Crippen LogP contribution in [0.25, 0.3) is 10.6 Å². The highest BCUT2D eigenvalue weighted by atomic mass is 32.1. The zero-order chi connectivity index (χ0) is 23.0. The summed E-state index contributed by atoms with van der Waals surface area (Å²) in [7, 11) is 1.69. The molecule has 3 N–H and O–H groups in total. The van der Waals surface area contributed by atoms with E-state index in [9.17, 15) is 23.8 Å². The van der Waals surface area contributed by atoms with Crippen molar-refractivity contribution < 1.29 is 28.5 Å². The molecule has 0 bridgehead atoms. The zero-order valence-corrected chi connectivity index (χ0v) is 18.2. The molecule has 1 aromatic carbocycles. The number of benzene rings is 1. The summed E-state index contributed by atoms with van der Waals surface area (Å²) < 4.78 is 35.6. The van der Waals surface area contributed by atoms with Crippen molar-refractivity contribution in [3.63, 3.8) is 0 Å². The van der Waals surface area contributed by atoms with Gasteiger partial charge in [0.15, 0.2) is 0 Å². The summed E-state index contributed by atoms with van der Waals surface area (Å²) in [5, 5.41) is 26.7. The number of aliphatic hydroxyl groups excluding tert-OH is 2. The number of hydrogen-bond acceptors (Lipinski definition) is 7. The summed E-state index contributed by atoms with van der Waals surface area (Å²) in [4.78, 5) is 17.6. The summed E-state index contributed by atoms with van der Waals surface area (Å²) in [5.74, 6) is -2.06. The van der Waals surface area contributed by atoms with E-state index in [4.69, 9.17) is 4.74 Å². The summed E-state index contributed by atoms with van der Waals surface area (Å²) in [6.07, 6.45) is -0.153. The first kappa shape index (κ1) is 22.5. The molecule has 32 heavy (non-hydrogen) atoms. The smallest absolute Gasteiger partial charge is 0.275 e. The molecule has 11 heteroatoms. The number of thiazole rings is 1. The number of carbonyl (C=O) groups is 1. The van der Waals surface area contributed by atoms with E-state index < -0.39 is 35.9 Å². The average Bonchev–Trinajstić information content (AvgIpc) is 3.25. The summed E-state index contributed by atoms with van der Waals surface area (Å²) in [5.41, 5.74) is 0.744. The number of anilines is 1. The molecule has 3 aromatic rings. The van der Waals surface area contributed by atoms with E-state index in [-0.39, 0.29) is 22.9 Å². The summed E-state index contributed by atoms with van der Waals surface area (Å²) >= 11 is 1.02. The molecule has 0 saturated carbocycles. The molecule has 3 atom stereocenters. The van der Waals surface area contributed by atoms with Gasteiger partial charge in [0.25, 0.3) is 5.91 Å². The molecular formula is C21H22F2N4O4S. The lowest BCUT2D eigenvalue weighted by atomic mass is 10.1. The predicted molar refractivity (Wildman–Crippen MR) is 113 cm³/mol. The van der Waals surface area contributed by atoms with E-state index in [1.54, 1.807) is 18.7 Å². The molecule has 0 spiro atoms. The van der Waals surface area contributed by atoms with Gasteiger partial charge in [-0.25, -0.2) is 13.8 Å². The van der Waals surface area contributed by atoms with Gasteiger partial charge in [0.2, 0.25) is 0 Å². The van der Waals surface area contributed by atoms with Crippen molar-refractivity contribution in [2.24, 2.45) is 7.05 Å². The van der Waals surface area contributed by atoms with Crippen molar-refractivity contribution >= 4 is 22.9 Å². The van der Waals surface area contributed by atoms with Gasteiger partial charge in [-0.1, -0.05) is 6.07 Å². The number of nitrogens with zero attached hydrogens (tertiary/aromatic N) is 3. The Morgan fingerprint density at radius 3 is 2.69 bits per heavy atom. The van der Waals surface area contributed by atoms with E-state index in [1.165, 1.54) is 12.3 Å². The van der Waals surface area contributed by atoms with Gasteiger partial charge in [0.1, 0.15) is 34.5 Å². The second-order valence-corrected chi connectivity index (χ2v) is 8.78. The van der Waals surface area contributed by atoms with Crippen LogP contribution in [0.4, 0.5) is 14.5 Å². The van der Waals surface area contributed by atoms with E-state index in [2.05, 4.69) is 15.4 Å². The van der Waals surface area contributed by atoms with E-state index in [0.717, 1.165) is 23.5 Å². The third-order valence-corrected chi connectivity index (χ3v) is 6.35. The standard InChI is InChI=1S/C21H22F2N4O4S/c1-10-18(26-21(32-10)17-11(22)4-3-5-12(17)23)20(30)25-13-8-24-27(2)19(13)16-7-6-14(28)15(29)9-31-16/h3-5,8,14-16,28-29H,6-7,9H2,1-2H3,(H,25,30)/t14-,15+,16?/m1/s1. The van der Waals surface area contributed by atoms with Gasteiger partial charge < -0.3 is 20.3 Å². The van der Waals surface area contributed by atoms with Crippen LogP contribution in [0.2, 0.25) is 0 Å². The van der Waals surface area contributed by atoms with Crippen LogP contribution < -0.4 is 5.32 Å². The number of rotatable bonds is 4. The number of carbonyl (C=O) groups excluding carboxylic acids is 1. The van der Waals surface area contributed by atoms with Gasteiger partial charge in [-0.3, -0.25) is 9.48 Å². The number of ether oxygens (including phenoxy) is 1. The van der Waals surface area contributed by atoms with Crippen LogP contribution in [0.15, 0.2) is 24.4 Å². The van der Waals surface area contributed by atoms with Crippen molar-refractivity contribution in [2.75, 3.05) is 11.9 Å². The van der Waals surface area contributed by atoms with Crippen molar-refractivity contribution in [3.8, 4) is 10.6 Å². The molecule has 8 nitrogen and oxygen atoms in total. The monoisotopic (exact) mass is 464 g/mol. The molecule has 1 saturated heterocycles. The molecule has 1 aliphatic heterocycles. The molecule has 1 fully saturated rings. The van der Waals surface area contributed by atoms with Crippen LogP contribution in [-0.2, 0) is 11.8 Å². The first-order valence-corrected chi connectivity index (χ1v) is 10.8. The van der Waals surface area contributed by atoms with Crippen LogP contribution in [0.5, 0.6) is 0 Å². The van der Waals surface area contributed by atoms with Gasteiger partial charge in [0, 0.05) is 11.9 Å². The van der Waals surface area contributed by atoms with E-state index in [1.807, 2.05) is 0 Å². The average molecular weight is 464 g/mol. The highest BCUT2D eigenvalue weighted by Crippen LogP contribution is 2.34. The first-order chi connectivity index (χ1) is 15.3. The minimum atomic E-state index is -0.985. The third-order valence-electron chi connectivity index (χ3n) is 5.36. The largest absolute Gasteiger partial charge is 0.390 e. The van der Waals surface area contributed by atoms with Crippen LogP contribution in [-0.4, -0.2) is 49.7 Å².